The number of aliphatic hydroxyl groups is 1. The highest BCUT2D eigenvalue weighted by atomic mass is 16.3. The summed E-state index contributed by atoms with van der Waals surface area (Å²) in [7, 11) is 0. The zero-order valence-corrected chi connectivity index (χ0v) is 15.7. The van der Waals surface area contributed by atoms with E-state index in [-0.39, 0.29) is 5.91 Å². The van der Waals surface area contributed by atoms with Crippen molar-refractivity contribution in [1.82, 2.24) is 9.80 Å². The molecule has 1 amide bonds. The summed E-state index contributed by atoms with van der Waals surface area (Å²) < 4.78 is 0. The molecule has 2 heterocycles. The first-order valence-corrected chi connectivity index (χ1v) is 9.84. The SMILES string of the molecule is CCC1CCCCN1CC(=O)N1CCC(O)(c2ccccc2C)CC1. The van der Waals surface area contributed by atoms with Crippen LogP contribution in [0.1, 0.15) is 56.6 Å². The van der Waals surface area contributed by atoms with Crippen molar-refractivity contribution in [2.45, 2.75) is 64.0 Å². The summed E-state index contributed by atoms with van der Waals surface area (Å²) in [6, 6.07) is 8.62. The van der Waals surface area contributed by atoms with Gasteiger partial charge in [0.15, 0.2) is 0 Å². The molecule has 1 N–H and O–H groups in total. The number of benzene rings is 1. The summed E-state index contributed by atoms with van der Waals surface area (Å²) in [6.07, 6.45) is 6.09. The fraction of sp³-hybridized carbons (Fsp3) is 0.667. The average Bonchev–Trinajstić information content (AvgIpc) is 2.63. The molecule has 0 aliphatic carbocycles. The van der Waals surface area contributed by atoms with Gasteiger partial charge in [0.2, 0.25) is 5.91 Å². The number of aryl methyl sites for hydroxylation is 1. The van der Waals surface area contributed by atoms with E-state index in [4.69, 9.17) is 0 Å². The van der Waals surface area contributed by atoms with Crippen LogP contribution in [-0.4, -0.2) is 53.0 Å². The van der Waals surface area contributed by atoms with E-state index >= 15 is 0 Å². The second kappa shape index (κ2) is 7.88. The highest BCUT2D eigenvalue weighted by molar-refractivity contribution is 5.78. The topological polar surface area (TPSA) is 43.8 Å². The van der Waals surface area contributed by atoms with Crippen LogP contribution in [0.25, 0.3) is 0 Å². The van der Waals surface area contributed by atoms with Gasteiger partial charge >= 0.3 is 0 Å². The molecular weight excluding hydrogens is 312 g/mol. The molecule has 2 aliphatic rings. The Morgan fingerprint density at radius 1 is 1.20 bits per heavy atom. The Labute approximate surface area is 151 Å². The number of hydrogen-bond acceptors (Lipinski definition) is 3. The normalized spacial score (nSPS) is 24.3. The molecule has 0 spiro atoms. The average molecular weight is 344 g/mol. The van der Waals surface area contributed by atoms with Crippen molar-refractivity contribution in [2.75, 3.05) is 26.2 Å². The predicted molar refractivity (Wildman–Crippen MR) is 100 cm³/mol. The molecule has 1 atom stereocenters. The number of carbonyl (C=O) groups is 1. The first-order chi connectivity index (χ1) is 12.0. The lowest BCUT2D eigenvalue weighted by Crippen LogP contribution is -2.50. The van der Waals surface area contributed by atoms with Crippen LogP contribution >= 0.6 is 0 Å². The highest BCUT2D eigenvalue weighted by Crippen LogP contribution is 2.34. The van der Waals surface area contributed by atoms with Gasteiger partial charge in [-0.05, 0) is 56.7 Å². The van der Waals surface area contributed by atoms with E-state index in [2.05, 4.69) is 11.8 Å². The van der Waals surface area contributed by atoms with Gasteiger partial charge in [0.25, 0.3) is 0 Å². The first kappa shape index (κ1) is 18.4. The molecule has 0 bridgehead atoms. The summed E-state index contributed by atoms with van der Waals surface area (Å²) >= 11 is 0. The Bertz CT molecular complexity index is 593. The monoisotopic (exact) mass is 344 g/mol. The molecule has 1 unspecified atom stereocenters. The molecule has 0 radical (unpaired) electrons. The Kier molecular flexibility index (Phi) is 5.80. The Morgan fingerprint density at radius 2 is 1.92 bits per heavy atom. The number of nitrogens with zero attached hydrogens (tertiary/aromatic N) is 2. The largest absolute Gasteiger partial charge is 0.385 e. The van der Waals surface area contributed by atoms with Crippen LogP contribution in [-0.2, 0) is 10.4 Å². The van der Waals surface area contributed by atoms with Crippen LogP contribution in [0.4, 0.5) is 0 Å². The summed E-state index contributed by atoms with van der Waals surface area (Å²) in [6.45, 7) is 7.15. The molecule has 1 aromatic carbocycles. The number of piperidine rings is 2. The molecule has 3 rings (SSSR count). The van der Waals surface area contributed by atoms with E-state index in [1.807, 2.05) is 36.1 Å². The van der Waals surface area contributed by atoms with Crippen molar-refractivity contribution in [3.8, 4) is 0 Å². The van der Waals surface area contributed by atoms with Crippen molar-refractivity contribution >= 4 is 5.91 Å². The van der Waals surface area contributed by atoms with E-state index in [9.17, 15) is 9.90 Å². The third-order valence-electron chi connectivity index (χ3n) is 6.15. The van der Waals surface area contributed by atoms with Gasteiger partial charge in [0.05, 0.1) is 12.1 Å². The van der Waals surface area contributed by atoms with Crippen LogP contribution < -0.4 is 0 Å². The molecule has 2 fully saturated rings. The van der Waals surface area contributed by atoms with Crippen molar-refractivity contribution in [2.24, 2.45) is 0 Å². The third kappa shape index (κ3) is 4.06. The number of carbonyl (C=O) groups excluding carboxylic acids is 1. The summed E-state index contributed by atoms with van der Waals surface area (Å²) in [4.78, 5) is 17.1. The van der Waals surface area contributed by atoms with E-state index in [1.165, 1.54) is 19.3 Å². The molecule has 138 valence electrons. The van der Waals surface area contributed by atoms with Crippen molar-refractivity contribution < 1.29 is 9.90 Å². The highest BCUT2D eigenvalue weighted by Gasteiger charge is 2.36. The van der Waals surface area contributed by atoms with Crippen LogP contribution in [0.3, 0.4) is 0 Å². The van der Waals surface area contributed by atoms with Crippen molar-refractivity contribution in [3.63, 3.8) is 0 Å². The lowest BCUT2D eigenvalue weighted by Gasteiger charge is -2.41. The van der Waals surface area contributed by atoms with Crippen LogP contribution in [0.15, 0.2) is 24.3 Å². The molecule has 1 aromatic rings. The third-order valence-corrected chi connectivity index (χ3v) is 6.15. The summed E-state index contributed by atoms with van der Waals surface area (Å²) in [5, 5.41) is 11.1. The second-order valence-electron chi connectivity index (χ2n) is 7.76. The summed E-state index contributed by atoms with van der Waals surface area (Å²) in [5.41, 5.74) is 1.35. The standard InChI is InChI=1S/C21H32N2O2/c1-3-18-9-6-7-13-23(18)16-20(24)22-14-11-21(25,12-15-22)19-10-5-4-8-17(19)2/h4-5,8,10,18,25H,3,6-7,9,11-16H2,1-2H3. The smallest absolute Gasteiger partial charge is 0.236 e. The van der Waals surface area contributed by atoms with Gasteiger partial charge in [-0.15, -0.1) is 0 Å². The number of likely N-dealkylation sites (tertiary alicyclic amines) is 2. The maximum absolute atomic E-state index is 12.7. The molecule has 4 heteroatoms. The van der Waals surface area contributed by atoms with Crippen molar-refractivity contribution in [1.29, 1.82) is 0 Å². The number of rotatable bonds is 4. The second-order valence-corrected chi connectivity index (χ2v) is 7.76. The number of hydrogen-bond donors (Lipinski definition) is 1. The van der Waals surface area contributed by atoms with Gasteiger partial charge in [-0.2, -0.15) is 0 Å². The predicted octanol–water partition coefficient (Wildman–Crippen LogP) is 3.07. The van der Waals surface area contributed by atoms with Gasteiger partial charge < -0.3 is 10.0 Å². The Morgan fingerprint density at radius 3 is 2.60 bits per heavy atom. The minimum atomic E-state index is -0.792. The van der Waals surface area contributed by atoms with Gasteiger partial charge in [-0.1, -0.05) is 37.6 Å². The molecule has 25 heavy (non-hydrogen) atoms. The van der Waals surface area contributed by atoms with Crippen molar-refractivity contribution in [3.05, 3.63) is 35.4 Å². The van der Waals surface area contributed by atoms with Gasteiger partial charge in [0.1, 0.15) is 0 Å². The fourth-order valence-corrected chi connectivity index (χ4v) is 4.49. The molecule has 4 nitrogen and oxygen atoms in total. The molecule has 0 saturated carbocycles. The van der Waals surface area contributed by atoms with Crippen LogP contribution in [0, 0.1) is 6.92 Å². The fourth-order valence-electron chi connectivity index (χ4n) is 4.49. The lowest BCUT2D eigenvalue weighted by atomic mass is 9.82. The zero-order chi connectivity index (χ0) is 17.9. The molecule has 0 aromatic heterocycles. The zero-order valence-electron chi connectivity index (χ0n) is 15.7. The van der Waals surface area contributed by atoms with E-state index < -0.39 is 5.60 Å². The Balaban J connectivity index is 1.58. The number of amides is 1. The van der Waals surface area contributed by atoms with E-state index in [1.54, 1.807) is 0 Å². The summed E-state index contributed by atoms with van der Waals surface area (Å²) in [5.74, 6) is 0.229. The van der Waals surface area contributed by atoms with E-state index in [0.717, 1.165) is 24.1 Å². The van der Waals surface area contributed by atoms with Crippen LogP contribution in [0.5, 0.6) is 0 Å². The molecule has 2 saturated heterocycles. The van der Waals surface area contributed by atoms with Gasteiger partial charge in [0, 0.05) is 19.1 Å². The quantitative estimate of drug-likeness (QED) is 0.913. The van der Waals surface area contributed by atoms with E-state index in [0.29, 0.717) is 38.5 Å². The lowest BCUT2D eigenvalue weighted by molar-refractivity contribution is -0.138. The Hall–Kier alpha value is -1.39. The van der Waals surface area contributed by atoms with Crippen LogP contribution in [0.2, 0.25) is 0 Å². The molecule has 2 aliphatic heterocycles. The maximum Gasteiger partial charge on any atom is 0.236 e. The minimum absolute atomic E-state index is 0.229. The maximum atomic E-state index is 12.7. The minimum Gasteiger partial charge on any atom is -0.385 e. The first-order valence-electron chi connectivity index (χ1n) is 9.84. The molecular formula is C21H32N2O2. The van der Waals surface area contributed by atoms with Gasteiger partial charge in [-0.25, -0.2) is 0 Å². The van der Waals surface area contributed by atoms with Gasteiger partial charge in [-0.3, -0.25) is 9.69 Å².